The number of nitrogens with zero attached hydrogens (tertiary/aromatic N) is 5. The molecule has 0 bridgehead atoms. The first-order chi connectivity index (χ1) is 14.4. The van der Waals surface area contributed by atoms with Gasteiger partial charge in [-0.3, -0.25) is 4.90 Å². The first kappa shape index (κ1) is 22.7. The summed E-state index contributed by atoms with van der Waals surface area (Å²) >= 11 is 0. The van der Waals surface area contributed by atoms with Crippen LogP contribution in [0.4, 0.5) is 10.7 Å². The summed E-state index contributed by atoms with van der Waals surface area (Å²) < 4.78 is 0. The second kappa shape index (κ2) is 10.4. The Morgan fingerprint density at radius 1 is 1.27 bits per heavy atom. The van der Waals surface area contributed by atoms with E-state index in [0.29, 0.717) is 17.9 Å². The van der Waals surface area contributed by atoms with Gasteiger partial charge in [0.2, 0.25) is 5.95 Å². The molecule has 1 aliphatic carbocycles. The molecule has 1 aromatic heterocycles. The Bertz CT molecular complexity index is 709. The summed E-state index contributed by atoms with van der Waals surface area (Å²) in [5, 5.41) is 3.30. The molecule has 30 heavy (non-hydrogen) atoms. The predicted molar refractivity (Wildman–Crippen MR) is 120 cm³/mol. The number of likely N-dealkylation sites (tertiary alicyclic amines) is 1. The van der Waals surface area contributed by atoms with Gasteiger partial charge in [0.05, 0.1) is 0 Å². The number of urea groups is 1. The van der Waals surface area contributed by atoms with Crippen LogP contribution >= 0.6 is 0 Å². The molecule has 3 N–H and O–H groups in total. The summed E-state index contributed by atoms with van der Waals surface area (Å²) in [6.07, 6.45) is 5.89. The number of piperidine rings is 1. The number of carbonyl (C=O) groups is 1. The Kier molecular flexibility index (Phi) is 7.88. The van der Waals surface area contributed by atoms with Crippen LogP contribution in [0.25, 0.3) is 0 Å². The van der Waals surface area contributed by atoms with Gasteiger partial charge in [0.25, 0.3) is 0 Å². The van der Waals surface area contributed by atoms with E-state index in [4.69, 9.17) is 5.73 Å². The van der Waals surface area contributed by atoms with Crippen molar-refractivity contribution < 1.29 is 4.79 Å². The Labute approximate surface area is 181 Å². The van der Waals surface area contributed by atoms with Crippen molar-refractivity contribution >= 4 is 12.0 Å². The second-order valence-corrected chi connectivity index (χ2v) is 8.76. The van der Waals surface area contributed by atoms with Crippen LogP contribution in [0.1, 0.15) is 44.9 Å². The van der Waals surface area contributed by atoms with E-state index in [9.17, 15) is 4.79 Å². The first-order valence-electron chi connectivity index (χ1n) is 11.5. The standard InChI is InChI=1S/C22H39N7O/c1-5-8-29-15-18(25-22(30)27(4)9-10-28(6-2)7-3)11-16-12-19-17(13-20(16)29)14-24-21(23)26-19/h14,16,18,20H,5-13,15H2,1-4H3,(H,25,30)(H2,23,24,26)/t16-,18?,20?/m1/s1. The quantitative estimate of drug-likeness (QED) is 0.668. The van der Waals surface area contributed by atoms with Gasteiger partial charge in [0.15, 0.2) is 0 Å². The summed E-state index contributed by atoms with van der Waals surface area (Å²) in [6.45, 7) is 12.2. The summed E-state index contributed by atoms with van der Waals surface area (Å²) in [6, 6.07) is 0.699. The van der Waals surface area contributed by atoms with Crippen molar-refractivity contribution in [2.75, 3.05) is 52.0 Å². The van der Waals surface area contributed by atoms with Gasteiger partial charge in [0.1, 0.15) is 0 Å². The number of amides is 2. The smallest absolute Gasteiger partial charge is 0.317 e. The van der Waals surface area contributed by atoms with Crippen LogP contribution in [0.5, 0.6) is 0 Å². The van der Waals surface area contributed by atoms with E-state index in [1.165, 1.54) is 5.56 Å². The Hall–Kier alpha value is -1.93. The van der Waals surface area contributed by atoms with Gasteiger partial charge >= 0.3 is 6.03 Å². The molecule has 2 heterocycles. The molecule has 0 aromatic carbocycles. The van der Waals surface area contributed by atoms with Crippen LogP contribution in [-0.4, -0.2) is 89.1 Å². The maximum Gasteiger partial charge on any atom is 0.317 e. The molecule has 1 fully saturated rings. The highest BCUT2D eigenvalue weighted by atomic mass is 16.2. The second-order valence-electron chi connectivity index (χ2n) is 8.76. The SMILES string of the molecule is CCCN1CC(NC(=O)N(C)CCN(CC)CC)C[C@@H]2Cc3nc(N)ncc3CC21. The molecule has 3 rings (SSSR count). The van der Waals surface area contributed by atoms with E-state index >= 15 is 0 Å². The number of likely N-dealkylation sites (N-methyl/N-ethyl adjacent to an activating group) is 2. The average Bonchev–Trinajstić information content (AvgIpc) is 2.73. The maximum absolute atomic E-state index is 12.8. The molecule has 0 saturated carbocycles. The van der Waals surface area contributed by atoms with Crippen LogP contribution in [-0.2, 0) is 12.8 Å². The fourth-order valence-electron chi connectivity index (χ4n) is 4.97. The highest BCUT2D eigenvalue weighted by Crippen LogP contribution is 2.34. The Balaban J connectivity index is 1.63. The van der Waals surface area contributed by atoms with Crippen molar-refractivity contribution in [3.8, 4) is 0 Å². The molecule has 0 spiro atoms. The largest absolute Gasteiger partial charge is 0.368 e. The number of anilines is 1. The number of carbonyl (C=O) groups excluding carboxylic acids is 1. The predicted octanol–water partition coefficient (Wildman–Crippen LogP) is 1.61. The minimum Gasteiger partial charge on any atom is -0.368 e. The minimum atomic E-state index is 0.0323. The number of hydrogen-bond donors (Lipinski definition) is 2. The first-order valence-corrected chi connectivity index (χ1v) is 11.5. The average molecular weight is 418 g/mol. The lowest BCUT2D eigenvalue weighted by molar-refractivity contribution is 0.0628. The fourth-order valence-corrected chi connectivity index (χ4v) is 4.97. The Morgan fingerprint density at radius 3 is 2.73 bits per heavy atom. The van der Waals surface area contributed by atoms with Gasteiger partial charge in [-0.15, -0.1) is 0 Å². The number of aromatic nitrogens is 2. The number of nitrogens with one attached hydrogen (secondary N) is 1. The van der Waals surface area contributed by atoms with Crippen molar-refractivity contribution in [1.82, 2.24) is 30.0 Å². The fraction of sp³-hybridized carbons (Fsp3) is 0.773. The number of hydrogen-bond acceptors (Lipinski definition) is 6. The third kappa shape index (κ3) is 5.40. The van der Waals surface area contributed by atoms with Crippen molar-refractivity contribution in [2.45, 2.75) is 58.5 Å². The highest BCUT2D eigenvalue weighted by Gasteiger charge is 2.40. The van der Waals surface area contributed by atoms with Crippen molar-refractivity contribution in [2.24, 2.45) is 5.92 Å². The summed E-state index contributed by atoms with van der Waals surface area (Å²) in [5.41, 5.74) is 8.14. The number of rotatable bonds is 8. The number of nitrogen functional groups attached to an aromatic ring is 1. The van der Waals surface area contributed by atoms with Crippen molar-refractivity contribution in [1.29, 1.82) is 0 Å². The van der Waals surface area contributed by atoms with Crippen LogP contribution in [0.15, 0.2) is 6.20 Å². The van der Waals surface area contributed by atoms with Crippen molar-refractivity contribution in [3.63, 3.8) is 0 Å². The molecule has 2 aliphatic rings. The van der Waals surface area contributed by atoms with E-state index < -0.39 is 0 Å². The van der Waals surface area contributed by atoms with Gasteiger partial charge in [-0.2, -0.15) is 0 Å². The van der Waals surface area contributed by atoms with Gasteiger partial charge in [0, 0.05) is 50.7 Å². The summed E-state index contributed by atoms with van der Waals surface area (Å²) in [4.78, 5) is 28.2. The summed E-state index contributed by atoms with van der Waals surface area (Å²) in [7, 11) is 1.89. The lowest BCUT2D eigenvalue weighted by Gasteiger charge is -2.47. The van der Waals surface area contributed by atoms with E-state index in [-0.39, 0.29) is 12.1 Å². The number of fused-ring (bicyclic) bond motifs is 2. The molecular weight excluding hydrogens is 378 g/mol. The lowest BCUT2D eigenvalue weighted by Crippen LogP contribution is -2.59. The topological polar surface area (TPSA) is 90.6 Å². The van der Waals surface area contributed by atoms with E-state index in [0.717, 1.165) is 70.6 Å². The molecule has 3 atom stereocenters. The molecule has 2 unspecified atom stereocenters. The zero-order chi connectivity index (χ0) is 21.7. The summed E-state index contributed by atoms with van der Waals surface area (Å²) in [5.74, 6) is 0.839. The van der Waals surface area contributed by atoms with Crippen LogP contribution < -0.4 is 11.1 Å². The molecule has 1 aromatic rings. The lowest BCUT2D eigenvalue weighted by atomic mass is 9.76. The third-order valence-electron chi connectivity index (χ3n) is 6.74. The molecular formula is C22H39N7O. The monoisotopic (exact) mass is 417 g/mol. The molecule has 1 aliphatic heterocycles. The zero-order valence-electron chi connectivity index (χ0n) is 19.1. The van der Waals surface area contributed by atoms with E-state index in [2.05, 4.69) is 45.9 Å². The maximum atomic E-state index is 12.8. The molecule has 8 nitrogen and oxygen atoms in total. The zero-order valence-corrected chi connectivity index (χ0v) is 19.1. The van der Waals surface area contributed by atoms with E-state index in [1.54, 1.807) is 0 Å². The van der Waals surface area contributed by atoms with Crippen LogP contribution in [0, 0.1) is 5.92 Å². The molecule has 8 heteroatoms. The molecule has 1 saturated heterocycles. The Morgan fingerprint density at radius 2 is 2.03 bits per heavy atom. The van der Waals surface area contributed by atoms with E-state index in [1.807, 2.05) is 18.1 Å². The normalized spacial score (nSPS) is 23.7. The third-order valence-corrected chi connectivity index (χ3v) is 6.74. The number of nitrogens with two attached hydrogens (primary N) is 1. The van der Waals surface area contributed by atoms with Gasteiger partial charge in [-0.25, -0.2) is 14.8 Å². The van der Waals surface area contributed by atoms with Crippen LogP contribution in [0.2, 0.25) is 0 Å². The molecule has 0 radical (unpaired) electrons. The van der Waals surface area contributed by atoms with Gasteiger partial charge < -0.3 is 20.9 Å². The highest BCUT2D eigenvalue weighted by molar-refractivity contribution is 5.74. The van der Waals surface area contributed by atoms with Crippen molar-refractivity contribution in [3.05, 3.63) is 17.5 Å². The van der Waals surface area contributed by atoms with Gasteiger partial charge in [-0.1, -0.05) is 20.8 Å². The van der Waals surface area contributed by atoms with Gasteiger partial charge in [-0.05, 0) is 56.8 Å². The molecule has 2 amide bonds. The minimum absolute atomic E-state index is 0.0323. The molecule has 168 valence electrons. The van der Waals surface area contributed by atoms with Crippen LogP contribution in [0.3, 0.4) is 0 Å².